The Morgan fingerprint density at radius 2 is 1.22 bits per heavy atom. The number of sulfone groups is 1. The van der Waals surface area contributed by atoms with Crippen LogP contribution in [0.4, 0.5) is 0 Å². The molecule has 0 aliphatic carbocycles. The summed E-state index contributed by atoms with van der Waals surface area (Å²) >= 11 is 0. The smallest absolute Gasteiger partial charge is 0.207 e. The Balaban J connectivity index is 2.12. The molecule has 0 amide bonds. The second-order valence-electron chi connectivity index (χ2n) is 4.56. The summed E-state index contributed by atoms with van der Waals surface area (Å²) in [7, 11) is -3.42. The topological polar surface area (TPSA) is 46.7 Å². The minimum Gasteiger partial charge on any atom is -0.359 e. The lowest BCUT2D eigenvalue weighted by Crippen LogP contribution is -2.05. The minimum absolute atomic E-state index is 0.111. The molecule has 18 heavy (non-hydrogen) atoms. The third-order valence-electron chi connectivity index (χ3n) is 3.52. The molecule has 0 spiro atoms. The molecule has 0 saturated carbocycles. The minimum atomic E-state index is -3.42. The Bertz CT molecular complexity index is 692. The van der Waals surface area contributed by atoms with Crippen LogP contribution in [0, 0.1) is 0 Å². The third kappa shape index (κ3) is 1.19. The van der Waals surface area contributed by atoms with E-state index >= 15 is 0 Å². The van der Waals surface area contributed by atoms with Gasteiger partial charge in [-0.15, -0.1) is 0 Å². The van der Waals surface area contributed by atoms with Crippen molar-refractivity contribution >= 4 is 9.84 Å². The molecule has 2 aliphatic heterocycles. The fraction of sp³-hybridized carbons (Fsp3) is 0.143. The maximum Gasteiger partial charge on any atom is 0.207 e. The van der Waals surface area contributed by atoms with Crippen LogP contribution in [-0.4, -0.2) is 8.42 Å². The number of hydrogen-bond donors (Lipinski definition) is 0. The monoisotopic (exact) mass is 258 g/mol. The van der Waals surface area contributed by atoms with Crippen molar-refractivity contribution in [3.05, 3.63) is 59.7 Å². The van der Waals surface area contributed by atoms with Gasteiger partial charge in [-0.25, -0.2) is 8.42 Å². The van der Waals surface area contributed by atoms with E-state index in [1.807, 2.05) is 24.3 Å². The summed E-state index contributed by atoms with van der Waals surface area (Å²) in [6.07, 6.45) is -0.223. The lowest BCUT2D eigenvalue weighted by Gasteiger charge is -2.08. The maximum absolute atomic E-state index is 12.6. The maximum atomic E-state index is 12.6. The van der Waals surface area contributed by atoms with Gasteiger partial charge in [0.05, 0.1) is 9.79 Å². The van der Waals surface area contributed by atoms with Gasteiger partial charge in [-0.05, 0) is 12.1 Å². The third-order valence-corrected chi connectivity index (χ3v) is 5.42. The van der Waals surface area contributed by atoms with E-state index in [2.05, 4.69) is 0 Å². The summed E-state index contributed by atoms with van der Waals surface area (Å²) in [4.78, 5) is 0.755. The normalized spacial score (nSPS) is 26.4. The van der Waals surface area contributed by atoms with E-state index in [0.29, 0.717) is 9.79 Å². The quantitative estimate of drug-likeness (QED) is 0.682. The van der Waals surface area contributed by atoms with Crippen LogP contribution in [0.15, 0.2) is 58.3 Å². The van der Waals surface area contributed by atoms with Gasteiger partial charge in [-0.2, -0.15) is 0 Å². The molecule has 4 heteroatoms. The molecule has 0 aromatic heterocycles. The Morgan fingerprint density at radius 1 is 0.778 bits per heavy atom. The molecule has 1 saturated heterocycles. The van der Waals surface area contributed by atoms with E-state index in [4.69, 9.17) is 4.74 Å². The molecule has 2 heterocycles. The summed E-state index contributed by atoms with van der Waals surface area (Å²) in [5.74, 6) is 0. The van der Waals surface area contributed by atoms with Crippen LogP contribution in [0.2, 0.25) is 0 Å². The second kappa shape index (κ2) is 3.22. The van der Waals surface area contributed by atoms with E-state index in [1.165, 1.54) is 0 Å². The summed E-state index contributed by atoms with van der Waals surface area (Å²) in [5, 5.41) is 0. The first-order valence-corrected chi connectivity index (χ1v) is 7.26. The lowest BCUT2D eigenvalue weighted by atomic mass is 10.0. The van der Waals surface area contributed by atoms with E-state index in [-0.39, 0.29) is 12.2 Å². The summed E-state index contributed by atoms with van der Waals surface area (Å²) in [5.41, 5.74) is 1.55. The van der Waals surface area contributed by atoms with Gasteiger partial charge in [-0.3, -0.25) is 0 Å². The molecule has 2 aliphatic rings. The first kappa shape index (κ1) is 10.3. The number of fused-ring (bicyclic) bond motifs is 5. The summed E-state index contributed by atoms with van der Waals surface area (Å²) in [6, 6.07) is 14.2. The van der Waals surface area contributed by atoms with Gasteiger partial charge >= 0.3 is 0 Å². The van der Waals surface area contributed by atoms with Crippen molar-refractivity contribution in [1.29, 1.82) is 0 Å². The predicted octanol–water partition coefficient (Wildman–Crippen LogP) is 2.65. The molecule has 2 unspecified atom stereocenters. The Hall–Kier alpha value is -1.65. The van der Waals surface area contributed by atoms with Crippen LogP contribution in [-0.2, 0) is 14.6 Å². The molecule has 2 aromatic rings. The Morgan fingerprint density at radius 3 is 1.72 bits per heavy atom. The number of benzene rings is 2. The van der Waals surface area contributed by atoms with E-state index in [0.717, 1.165) is 11.1 Å². The van der Waals surface area contributed by atoms with E-state index in [1.54, 1.807) is 24.3 Å². The van der Waals surface area contributed by atoms with Gasteiger partial charge in [0.1, 0.15) is 12.2 Å². The highest BCUT2D eigenvalue weighted by Gasteiger charge is 2.49. The highest BCUT2D eigenvalue weighted by molar-refractivity contribution is 7.91. The Kier molecular flexibility index (Phi) is 1.84. The molecule has 2 atom stereocenters. The van der Waals surface area contributed by atoms with Crippen molar-refractivity contribution in [2.24, 2.45) is 0 Å². The molecule has 0 N–H and O–H groups in total. The molecular weight excluding hydrogens is 248 g/mol. The Labute approximate surface area is 105 Å². The van der Waals surface area contributed by atoms with Crippen molar-refractivity contribution in [1.82, 2.24) is 0 Å². The highest BCUT2D eigenvalue weighted by atomic mass is 32.2. The highest BCUT2D eigenvalue weighted by Crippen LogP contribution is 2.56. The van der Waals surface area contributed by atoms with Crippen LogP contribution in [0.3, 0.4) is 0 Å². The first-order chi connectivity index (χ1) is 8.69. The van der Waals surface area contributed by atoms with Crippen LogP contribution in [0.25, 0.3) is 0 Å². The van der Waals surface area contributed by atoms with Crippen molar-refractivity contribution < 1.29 is 13.2 Å². The second-order valence-corrected chi connectivity index (χ2v) is 6.44. The lowest BCUT2D eigenvalue weighted by molar-refractivity contribution is 0.372. The zero-order chi connectivity index (χ0) is 12.3. The molecule has 0 radical (unpaired) electrons. The molecule has 1 fully saturated rings. The zero-order valence-electron chi connectivity index (χ0n) is 9.41. The van der Waals surface area contributed by atoms with Crippen molar-refractivity contribution in [3.63, 3.8) is 0 Å². The molecule has 2 aromatic carbocycles. The number of epoxide rings is 1. The molecule has 90 valence electrons. The van der Waals surface area contributed by atoms with Crippen molar-refractivity contribution in [2.45, 2.75) is 22.0 Å². The average molecular weight is 258 g/mol. The average Bonchev–Trinajstić information content (AvgIpc) is 3.18. The van der Waals surface area contributed by atoms with Gasteiger partial charge < -0.3 is 4.74 Å². The van der Waals surface area contributed by atoms with Crippen LogP contribution in [0.5, 0.6) is 0 Å². The van der Waals surface area contributed by atoms with Gasteiger partial charge in [0, 0.05) is 11.1 Å². The first-order valence-electron chi connectivity index (χ1n) is 5.78. The molecule has 4 rings (SSSR count). The van der Waals surface area contributed by atoms with E-state index in [9.17, 15) is 8.42 Å². The van der Waals surface area contributed by atoms with Gasteiger partial charge in [0.25, 0.3) is 0 Å². The summed E-state index contributed by atoms with van der Waals surface area (Å²) < 4.78 is 30.9. The number of hydrogen-bond acceptors (Lipinski definition) is 3. The van der Waals surface area contributed by atoms with Crippen LogP contribution in [0.1, 0.15) is 23.3 Å². The number of ether oxygens (including phenoxy) is 1. The number of rotatable bonds is 0. The molecule has 0 bridgehead atoms. The molecular formula is C14H10O3S. The largest absolute Gasteiger partial charge is 0.359 e. The van der Waals surface area contributed by atoms with Crippen molar-refractivity contribution in [3.8, 4) is 0 Å². The fourth-order valence-electron chi connectivity index (χ4n) is 2.62. The van der Waals surface area contributed by atoms with Crippen LogP contribution >= 0.6 is 0 Å². The van der Waals surface area contributed by atoms with Gasteiger partial charge in [0.2, 0.25) is 9.84 Å². The van der Waals surface area contributed by atoms with E-state index < -0.39 is 9.84 Å². The standard InChI is InChI=1S/C14H10O3S/c15-18(16)11-7-3-1-5-9(11)13-14(17-13)10-6-2-4-8-12(10)18/h1-8,13-14H. The predicted molar refractivity (Wildman–Crippen MR) is 64.9 cm³/mol. The van der Waals surface area contributed by atoms with Crippen molar-refractivity contribution in [2.75, 3.05) is 0 Å². The zero-order valence-corrected chi connectivity index (χ0v) is 10.2. The van der Waals surface area contributed by atoms with Gasteiger partial charge in [0.15, 0.2) is 0 Å². The SMILES string of the molecule is O=S1(=O)c2ccccc2C2OC2c2ccccc21. The fourth-order valence-corrected chi connectivity index (χ4v) is 4.37. The molecule has 3 nitrogen and oxygen atoms in total. The summed E-state index contributed by atoms with van der Waals surface area (Å²) in [6.45, 7) is 0. The van der Waals surface area contributed by atoms with Crippen LogP contribution < -0.4 is 0 Å². The van der Waals surface area contributed by atoms with Gasteiger partial charge in [-0.1, -0.05) is 36.4 Å².